The fraction of sp³-hybridized carbons (Fsp3) is 0.133. The van der Waals surface area contributed by atoms with Crippen LogP contribution in [0.2, 0.25) is 0 Å². The first-order valence-corrected chi connectivity index (χ1v) is 12.6. The van der Waals surface area contributed by atoms with Crippen LogP contribution in [0.15, 0.2) is 119 Å². The summed E-state index contributed by atoms with van der Waals surface area (Å²) in [4.78, 5) is 28.2. The van der Waals surface area contributed by atoms with E-state index in [0.29, 0.717) is 18.8 Å². The van der Waals surface area contributed by atoms with E-state index >= 15 is 0 Å². The zero-order valence-electron chi connectivity index (χ0n) is 20.1. The Morgan fingerprint density at radius 3 is 2.11 bits per heavy atom. The molecule has 6 heteroatoms. The lowest BCUT2D eigenvalue weighted by molar-refractivity contribution is -0.131. The Kier molecular flexibility index (Phi) is 8.78. The summed E-state index contributed by atoms with van der Waals surface area (Å²) in [5, 5.41) is 3.05. The van der Waals surface area contributed by atoms with Gasteiger partial charge in [0, 0.05) is 35.5 Å². The molecule has 182 valence electrons. The van der Waals surface area contributed by atoms with Crippen molar-refractivity contribution in [2.24, 2.45) is 0 Å². The van der Waals surface area contributed by atoms with Gasteiger partial charge in [0.25, 0.3) is 0 Å². The van der Waals surface area contributed by atoms with Crippen molar-refractivity contribution >= 4 is 29.4 Å². The van der Waals surface area contributed by atoms with Crippen LogP contribution in [0.4, 0.5) is 10.5 Å². The first-order valence-electron chi connectivity index (χ1n) is 11.8. The molecule has 0 saturated heterocycles. The van der Waals surface area contributed by atoms with Gasteiger partial charge in [-0.1, -0.05) is 78.5 Å². The summed E-state index contributed by atoms with van der Waals surface area (Å²) in [6.07, 6.45) is 0.749. The largest absolute Gasteiger partial charge is 0.427 e. The van der Waals surface area contributed by atoms with Crippen LogP contribution in [0, 0.1) is 0 Å². The minimum absolute atomic E-state index is 0.135. The number of benzene rings is 4. The van der Waals surface area contributed by atoms with E-state index in [-0.39, 0.29) is 12.0 Å². The number of carbonyl (C=O) groups excluding carboxylic acids is 2. The average molecular weight is 497 g/mol. The van der Waals surface area contributed by atoms with E-state index in [1.165, 1.54) is 12.5 Å². The lowest BCUT2D eigenvalue weighted by atomic mass is 10.1. The Morgan fingerprint density at radius 2 is 1.44 bits per heavy atom. The Balaban J connectivity index is 1.47. The van der Waals surface area contributed by atoms with E-state index in [2.05, 4.69) is 17.4 Å². The first-order chi connectivity index (χ1) is 17.6. The summed E-state index contributed by atoms with van der Waals surface area (Å²) in [7, 11) is 0. The molecule has 36 heavy (non-hydrogen) atoms. The highest BCUT2D eigenvalue weighted by Crippen LogP contribution is 2.31. The summed E-state index contributed by atoms with van der Waals surface area (Å²) in [5.41, 5.74) is 3.06. The van der Waals surface area contributed by atoms with Gasteiger partial charge in [0.05, 0.1) is 0 Å². The number of amides is 2. The highest BCUT2D eigenvalue weighted by atomic mass is 32.2. The molecule has 0 spiro atoms. The molecule has 1 N–H and O–H groups in total. The van der Waals surface area contributed by atoms with Crippen LogP contribution < -0.4 is 15.0 Å². The zero-order valence-corrected chi connectivity index (χ0v) is 20.9. The predicted octanol–water partition coefficient (Wildman–Crippen LogP) is 6.72. The normalized spacial score (nSPS) is 10.5. The Hall–Kier alpha value is -4.03. The van der Waals surface area contributed by atoms with E-state index in [4.69, 9.17) is 4.74 Å². The monoisotopic (exact) mass is 496 g/mol. The Labute approximate surface area is 216 Å². The molecular formula is C30H28N2O3S. The van der Waals surface area contributed by atoms with Crippen LogP contribution in [0.5, 0.6) is 5.75 Å². The van der Waals surface area contributed by atoms with Gasteiger partial charge in [-0.15, -0.1) is 0 Å². The fourth-order valence-electron chi connectivity index (χ4n) is 3.70. The molecule has 4 rings (SSSR count). The number of urea groups is 1. The maximum Gasteiger partial charge on any atom is 0.322 e. The molecular weight excluding hydrogens is 468 g/mol. The number of rotatable bonds is 9. The third-order valence-electron chi connectivity index (χ3n) is 5.45. The van der Waals surface area contributed by atoms with Crippen LogP contribution in [0.1, 0.15) is 18.1 Å². The van der Waals surface area contributed by atoms with Gasteiger partial charge in [-0.05, 0) is 60.0 Å². The number of esters is 1. The van der Waals surface area contributed by atoms with Crippen LogP contribution in [0.25, 0.3) is 0 Å². The third-order valence-corrected chi connectivity index (χ3v) is 6.45. The molecule has 0 heterocycles. The van der Waals surface area contributed by atoms with Crippen LogP contribution >= 0.6 is 11.8 Å². The van der Waals surface area contributed by atoms with Gasteiger partial charge in [0.2, 0.25) is 0 Å². The number of carbonyl (C=O) groups is 2. The summed E-state index contributed by atoms with van der Waals surface area (Å²) in [6, 6.07) is 35.3. The molecule has 0 unspecified atom stereocenters. The van der Waals surface area contributed by atoms with Crippen LogP contribution in [-0.2, 0) is 17.8 Å². The molecule has 4 aromatic carbocycles. The quantitative estimate of drug-likeness (QED) is 0.206. The molecule has 0 fully saturated rings. The summed E-state index contributed by atoms with van der Waals surface area (Å²) >= 11 is 1.57. The second kappa shape index (κ2) is 12.6. The van der Waals surface area contributed by atoms with Gasteiger partial charge in [-0.2, -0.15) is 0 Å². The molecule has 0 aliphatic heterocycles. The molecule has 0 aromatic heterocycles. The lowest BCUT2D eigenvalue weighted by Gasteiger charge is -2.24. The Morgan fingerprint density at radius 1 is 0.778 bits per heavy atom. The Bertz CT molecular complexity index is 1280. The van der Waals surface area contributed by atoms with Crippen LogP contribution in [-0.4, -0.2) is 18.5 Å². The minimum atomic E-state index is -0.345. The van der Waals surface area contributed by atoms with Crippen molar-refractivity contribution < 1.29 is 14.3 Å². The molecule has 0 saturated carbocycles. The van der Waals surface area contributed by atoms with Crippen molar-refractivity contribution in [2.45, 2.75) is 29.7 Å². The molecule has 0 bridgehead atoms. The third kappa shape index (κ3) is 7.48. The van der Waals surface area contributed by atoms with Gasteiger partial charge in [-0.25, -0.2) is 4.79 Å². The van der Waals surface area contributed by atoms with E-state index < -0.39 is 0 Å². The van der Waals surface area contributed by atoms with Crippen molar-refractivity contribution in [3.8, 4) is 5.75 Å². The SMILES string of the molecule is CC(=O)Oc1cccc(Sc2ccc(N(CCc3ccccc3)C(=O)NCc3ccccc3)cc2)c1. The minimum Gasteiger partial charge on any atom is -0.427 e. The van der Waals surface area contributed by atoms with Crippen molar-refractivity contribution in [2.75, 3.05) is 11.4 Å². The molecule has 4 aromatic rings. The van der Waals surface area contributed by atoms with Gasteiger partial charge in [0.15, 0.2) is 0 Å². The molecule has 5 nitrogen and oxygen atoms in total. The molecule has 0 radical (unpaired) electrons. The summed E-state index contributed by atoms with van der Waals surface area (Å²) in [6.45, 7) is 2.41. The smallest absolute Gasteiger partial charge is 0.322 e. The number of nitrogens with zero attached hydrogens (tertiary/aromatic N) is 1. The number of anilines is 1. The number of hydrogen-bond donors (Lipinski definition) is 1. The van der Waals surface area contributed by atoms with Crippen LogP contribution in [0.3, 0.4) is 0 Å². The lowest BCUT2D eigenvalue weighted by Crippen LogP contribution is -2.41. The van der Waals surface area contributed by atoms with Crippen molar-refractivity contribution in [3.05, 3.63) is 120 Å². The van der Waals surface area contributed by atoms with E-state index in [1.807, 2.05) is 91.0 Å². The molecule has 0 aliphatic carbocycles. The van der Waals surface area contributed by atoms with Gasteiger partial charge >= 0.3 is 12.0 Å². The average Bonchev–Trinajstić information content (AvgIpc) is 2.89. The van der Waals surface area contributed by atoms with E-state index in [0.717, 1.165) is 27.5 Å². The second-order valence-electron chi connectivity index (χ2n) is 8.20. The first kappa shape index (κ1) is 25.1. The molecule has 2 amide bonds. The number of nitrogens with one attached hydrogen (secondary N) is 1. The van der Waals surface area contributed by atoms with Crippen molar-refractivity contribution in [1.29, 1.82) is 0 Å². The maximum atomic E-state index is 13.2. The highest BCUT2D eigenvalue weighted by molar-refractivity contribution is 7.99. The summed E-state index contributed by atoms with van der Waals surface area (Å²) < 4.78 is 5.18. The second-order valence-corrected chi connectivity index (χ2v) is 9.34. The highest BCUT2D eigenvalue weighted by Gasteiger charge is 2.16. The molecule has 0 atom stereocenters. The summed E-state index contributed by atoms with van der Waals surface area (Å²) in [5.74, 6) is 0.175. The topological polar surface area (TPSA) is 58.6 Å². The number of ether oxygens (including phenoxy) is 1. The van der Waals surface area contributed by atoms with Crippen molar-refractivity contribution in [1.82, 2.24) is 5.32 Å². The maximum absolute atomic E-state index is 13.2. The molecule has 0 aliphatic rings. The zero-order chi connectivity index (χ0) is 25.2. The predicted molar refractivity (Wildman–Crippen MR) is 144 cm³/mol. The van der Waals surface area contributed by atoms with Crippen molar-refractivity contribution in [3.63, 3.8) is 0 Å². The number of hydrogen-bond acceptors (Lipinski definition) is 4. The van der Waals surface area contributed by atoms with Gasteiger partial charge in [-0.3, -0.25) is 9.69 Å². The van der Waals surface area contributed by atoms with Gasteiger partial charge < -0.3 is 10.1 Å². The standard InChI is InChI=1S/C30H28N2O3S/c1-23(33)35-27-13-8-14-29(21-27)36-28-17-15-26(16-18-28)32(20-19-24-9-4-2-5-10-24)30(34)31-22-25-11-6-3-7-12-25/h2-18,21H,19-20,22H2,1H3,(H,31,34). The fourth-order valence-corrected chi connectivity index (χ4v) is 4.57. The van der Waals surface area contributed by atoms with Gasteiger partial charge in [0.1, 0.15) is 5.75 Å². The van der Waals surface area contributed by atoms with E-state index in [1.54, 1.807) is 22.7 Å². The van der Waals surface area contributed by atoms with E-state index in [9.17, 15) is 9.59 Å².